The molecule has 0 aliphatic heterocycles. The van der Waals surface area contributed by atoms with Crippen molar-refractivity contribution in [1.29, 1.82) is 5.26 Å². The first-order chi connectivity index (χ1) is 7.76. The highest BCUT2D eigenvalue weighted by atomic mass is 14.2. The molecule has 0 saturated carbocycles. The summed E-state index contributed by atoms with van der Waals surface area (Å²) in [6.07, 6.45) is 5.99. The van der Waals surface area contributed by atoms with Crippen molar-refractivity contribution < 1.29 is 0 Å². The number of benzene rings is 1. The van der Waals surface area contributed by atoms with Crippen LogP contribution in [-0.4, -0.2) is 0 Å². The second kappa shape index (κ2) is 6.85. The average Bonchev–Trinajstić information content (AvgIpc) is 2.29. The van der Waals surface area contributed by atoms with Gasteiger partial charge in [0.25, 0.3) is 0 Å². The maximum absolute atomic E-state index is 8.50. The lowest BCUT2D eigenvalue weighted by Crippen LogP contribution is -1.88. The smallest absolute Gasteiger partial charge is 0.0911 e. The summed E-state index contributed by atoms with van der Waals surface area (Å²) >= 11 is 0. The third-order valence-electron chi connectivity index (χ3n) is 2.68. The molecule has 0 amide bonds. The van der Waals surface area contributed by atoms with Gasteiger partial charge in [0, 0.05) is 6.08 Å². The maximum atomic E-state index is 8.50. The van der Waals surface area contributed by atoms with Gasteiger partial charge in [-0.1, -0.05) is 43.2 Å². The zero-order valence-electron chi connectivity index (χ0n) is 10.2. The molecule has 1 aromatic rings. The summed E-state index contributed by atoms with van der Waals surface area (Å²) in [7, 11) is 0. The fourth-order valence-corrected chi connectivity index (χ4v) is 1.69. The minimum absolute atomic E-state index is 0.973. The summed E-state index contributed by atoms with van der Waals surface area (Å²) in [5, 5.41) is 8.50. The Morgan fingerprint density at radius 3 is 2.25 bits per heavy atom. The van der Waals surface area contributed by atoms with E-state index < -0.39 is 0 Å². The van der Waals surface area contributed by atoms with Gasteiger partial charge in [-0.05, 0) is 37.3 Å². The molecule has 0 aliphatic rings. The number of nitrogens with zero attached hydrogens (tertiary/aromatic N) is 1. The third-order valence-corrected chi connectivity index (χ3v) is 2.68. The van der Waals surface area contributed by atoms with Crippen molar-refractivity contribution in [2.24, 2.45) is 0 Å². The highest BCUT2D eigenvalue weighted by molar-refractivity contribution is 5.24. The number of hydrogen-bond acceptors (Lipinski definition) is 1. The van der Waals surface area contributed by atoms with E-state index in [4.69, 9.17) is 5.26 Å². The van der Waals surface area contributed by atoms with E-state index in [9.17, 15) is 0 Å². The first-order valence-electron chi connectivity index (χ1n) is 5.89. The van der Waals surface area contributed by atoms with Crippen LogP contribution in [0, 0.1) is 11.3 Å². The first-order valence-corrected chi connectivity index (χ1v) is 5.89. The zero-order chi connectivity index (χ0) is 11.8. The van der Waals surface area contributed by atoms with Crippen LogP contribution in [0.1, 0.15) is 37.8 Å². The first kappa shape index (κ1) is 12.5. The molecule has 1 heteroatoms. The Morgan fingerprint density at radius 2 is 1.75 bits per heavy atom. The second-order valence-electron chi connectivity index (χ2n) is 4.19. The highest BCUT2D eigenvalue weighted by Crippen LogP contribution is 2.11. The van der Waals surface area contributed by atoms with Gasteiger partial charge in [0.2, 0.25) is 0 Å². The van der Waals surface area contributed by atoms with Gasteiger partial charge in [0.15, 0.2) is 0 Å². The van der Waals surface area contributed by atoms with E-state index >= 15 is 0 Å². The molecule has 0 radical (unpaired) electrons. The Bertz CT molecular complexity index is 379. The van der Waals surface area contributed by atoms with Crippen LogP contribution in [0.2, 0.25) is 0 Å². The molecule has 0 bridgehead atoms. The van der Waals surface area contributed by atoms with Gasteiger partial charge >= 0.3 is 0 Å². The van der Waals surface area contributed by atoms with Gasteiger partial charge in [-0.2, -0.15) is 5.26 Å². The van der Waals surface area contributed by atoms with Crippen LogP contribution >= 0.6 is 0 Å². The van der Waals surface area contributed by atoms with E-state index in [0.29, 0.717) is 0 Å². The van der Waals surface area contributed by atoms with E-state index in [-0.39, 0.29) is 0 Å². The zero-order valence-corrected chi connectivity index (χ0v) is 10.2. The fourth-order valence-electron chi connectivity index (χ4n) is 1.69. The number of allylic oxidation sites excluding steroid dienone is 2. The number of aryl methyl sites for hydroxylation is 2. The summed E-state index contributed by atoms with van der Waals surface area (Å²) < 4.78 is 0. The molecule has 1 nitrogen and oxygen atoms in total. The highest BCUT2D eigenvalue weighted by Gasteiger charge is 1.96. The van der Waals surface area contributed by atoms with Crippen LogP contribution in [0.4, 0.5) is 0 Å². The van der Waals surface area contributed by atoms with Gasteiger partial charge in [-0.3, -0.25) is 0 Å². The molecular weight excluding hydrogens is 194 g/mol. The van der Waals surface area contributed by atoms with Gasteiger partial charge in [0.05, 0.1) is 6.07 Å². The maximum Gasteiger partial charge on any atom is 0.0911 e. The van der Waals surface area contributed by atoms with E-state index in [2.05, 4.69) is 37.3 Å². The Labute approximate surface area is 98.4 Å². The summed E-state index contributed by atoms with van der Waals surface area (Å²) in [4.78, 5) is 0. The standard InChI is InChI=1S/C15H19N/c1-3-4-14-7-9-15(10-8-14)6-5-13(2)11-12-16/h7-11H,3-6H2,1-2H3. The Morgan fingerprint density at radius 1 is 1.19 bits per heavy atom. The largest absolute Gasteiger partial charge is 0.193 e. The van der Waals surface area contributed by atoms with E-state index in [1.54, 1.807) is 6.08 Å². The van der Waals surface area contributed by atoms with Crippen molar-refractivity contribution in [3.8, 4) is 6.07 Å². The Kier molecular flexibility index (Phi) is 5.36. The van der Waals surface area contributed by atoms with E-state index in [0.717, 1.165) is 24.8 Å². The summed E-state index contributed by atoms with van der Waals surface area (Å²) in [5.41, 5.74) is 3.92. The van der Waals surface area contributed by atoms with Crippen molar-refractivity contribution in [2.45, 2.75) is 39.5 Å². The molecule has 0 unspecified atom stereocenters. The van der Waals surface area contributed by atoms with Gasteiger partial charge in [-0.15, -0.1) is 0 Å². The molecule has 0 heterocycles. The fraction of sp³-hybridized carbons (Fsp3) is 0.400. The second-order valence-corrected chi connectivity index (χ2v) is 4.19. The van der Waals surface area contributed by atoms with Gasteiger partial charge in [-0.25, -0.2) is 0 Å². The number of hydrogen-bond donors (Lipinski definition) is 0. The third kappa shape index (κ3) is 4.31. The lowest BCUT2D eigenvalue weighted by atomic mass is 10.0. The van der Waals surface area contributed by atoms with Crippen molar-refractivity contribution >= 4 is 0 Å². The molecule has 0 saturated heterocycles. The molecular formula is C15H19N. The van der Waals surface area contributed by atoms with Crippen LogP contribution in [-0.2, 0) is 12.8 Å². The summed E-state index contributed by atoms with van der Waals surface area (Å²) in [6, 6.07) is 10.9. The predicted octanol–water partition coefficient (Wildman–Crippen LogP) is 4.04. The SMILES string of the molecule is CCCc1ccc(CCC(C)=CC#N)cc1. The minimum Gasteiger partial charge on any atom is -0.193 e. The lowest BCUT2D eigenvalue weighted by Gasteiger charge is -2.03. The molecule has 0 fully saturated rings. The average molecular weight is 213 g/mol. The molecule has 0 N–H and O–H groups in total. The van der Waals surface area contributed by atoms with Crippen LogP contribution in [0.3, 0.4) is 0 Å². The number of rotatable bonds is 5. The molecule has 0 atom stereocenters. The Hall–Kier alpha value is -1.55. The van der Waals surface area contributed by atoms with Crippen molar-refractivity contribution in [3.63, 3.8) is 0 Å². The predicted molar refractivity (Wildman–Crippen MR) is 68.1 cm³/mol. The molecule has 1 aromatic carbocycles. The van der Waals surface area contributed by atoms with Crippen LogP contribution in [0.15, 0.2) is 35.9 Å². The molecule has 84 valence electrons. The topological polar surface area (TPSA) is 23.8 Å². The number of nitriles is 1. The lowest BCUT2D eigenvalue weighted by molar-refractivity contribution is 0.911. The summed E-state index contributed by atoms with van der Waals surface area (Å²) in [5.74, 6) is 0. The van der Waals surface area contributed by atoms with Crippen LogP contribution in [0.25, 0.3) is 0 Å². The van der Waals surface area contributed by atoms with Crippen molar-refractivity contribution in [1.82, 2.24) is 0 Å². The minimum atomic E-state index is 0.973. The van der Waals surface area contributed by atoms with Gasteiger partial charge in [0.1, 0.15) is 0 Å². The quantitative estimate of drug-likeness (QED) is 0.677. The molecule has 1 rings (SSSR count). The normalized spacial score (nSPS) is 11.2. The molecule has 0 aromatic heterocycles. The molecule has 0 spiro atoms. The van der Waals surface area contributed by atoms with Crippen LogP contribution < -0.4 is 0 Å². The van der Waals surface area contributed by atoms with Gasteiger partial charge < -0.3 is 0 Å². The van der Waals surface area contributed by atoms with E-state index in [1.807, 2.05) is 6.92 Å². The van der Waals surface area contributed by atoms with Crippen molar-refractivity contribution in [3.05, 3.63) is 47.0 Å². The van der Waals surface area contributed by atoms with Crippen molar-refractivity contribution in [2.75, 3.05) is 0 Å². The van der Waals surface area contributed by atoms with Crippen LogP contribution in [0.5, 0.6) is 0 Å². The monoisotopic (exact) mass is 213 g/mol. The molecule has 0 aliphatic carbocycles. The molecule has 16 heavy (non-hydrogen) atoms. The Balaban J connectivity index is 2.50. The summed E-state index contributed by atoms with van der Waals surface area (Å²) in [6.45, 7) is 4.21. The van der Waals surface area contributed by atoms with E-state index in [1.165, 1.54) is 17.5 Å².